The lowest BCUT2D eigenvalue weighted by Crippen LogP contribution is -2.49. The summed E-state index contributed by atoms with van der Waals surface area (Å²) in [4.78, 5) is 23.9. The lowest BCUT2D eigenvalue weighted by Gasteiger charge is -2.40. The van der Waals surface area contributed by atoms with E-state index in [0.717, 1.165) is 25.9 Å². The Bertz CT molecular complexity index is 567. The lowest BCUT2D eigenvalue weighted by molar-refractivity contribution is 0.0187. The van der Waals surface area contributed by atoms with Crippen LogP contribution in [-0.4, -0.2) is 37.6 Å². The van der Waals surface area contributed by atoms with Crippen LogP contribution in [0.3, 0.4) is 0 Å². The highest BCUT2D eigenvalue weighted by Crippen LogP contribution is 2.38. The zero-order valence-corrected chi connectivity index (χ0v) is 12.6. The maximum absolute atomic E-state index is 12.4. The van der Waals surface area contributed by atoms with Gasteiger partial charge in [-0.1, -0.05) is 0 Å². The number of halogens is 1. The minimum absolute atomic E-state index is 0. The number of rotatable bonds is 1. The van der Waals surface area contributed by atoms with E-state index in [-0.39, 0.29) is 23.8 Å². The lowest BCUT2D eigenvalue weighted by atomic mass is 9.83. The van der Waals surface area contributed by atoms with Gasteiger partial charge < -0.3 is 14.8 Å². The molecule has 2 heterocycles. The third-order valence-electron chi connectivity index (χ3n) is 4.03. The Labute approximate surface area is 129 Å². The fourth-order valence-electron chi connectivity index (χ4n) is 2.90. The number of hydrogen-bond donors (Lipinski definition) is 1. The van der Waals surface area contributed by atoms with E-state index in [1.807, 2.05) is 0 Å². The molecule has 114 valence electrons. The number of Topliss-reactive ketones (excluding diaryl/α,β-unsaturated/α-hetero) is 1. The van der Waals surface area contributed by atoms with Crippen LogP contribution in [0, 0.1) is 0 Å². The van der Waals surface area contributed by atoms with Crippen molar-refractivity contribution < 1.29 is 19.1 Å². The molecule has 0 aliphatic carbocycles. The standard InChI is InChI=1S/C15H17NO4.ClH/c1-19-14(18)10-2-3-13-11(8-10)12(17)9-15(20-13)4-6-16-7-5-15;/h2-3,8,16H,4-7,9H2,1H3;1H. The summed E-state index contributed by atoms with van der Waals surface area (Å²) in [5.74, 6) is 0.178. The Kier molecular flexibility index (Phi) is 4.54. The van der Waals surface area contributed by atoms with Gasteiger partial charge in [0.2, 0.25) is 0 Å². The molecule has 0 aromatic heterocycles. The van der Waals surface area contributed by atoms with Crippen molar-refractivity contribution in [3.8, 4) is 5.75 Å². The Morgan fingerprint density at radius 2 is 2.05 bits per heavy atom. The van der Waals surface area contributed by atoms with Crippen molar-refractivity contribution in [3.05, 3.63) is 29.3 Å². The van der Waals surface area contributed by atoms with Gasteiger partial charge in [0.05, 0.1) is 24.7 Å². The van der Waals surface area contributed by atoms with Gasteiger partial charge >= 0.3 is 5.97 Å². The van der Waals surface area contributed by atoms with Crippen LogP contribution in [0.25, 0.3) is 0 Å². The average molecular weight is 312 g/mol. The highest BCUT2D eigenvalue weighted by Gasteiger charge is 2.41. The van der Waals surface area contributed by atoms with E-state index in [2.05, 4.69) is 10.1 Å². The first-order valence-corrected chi connectivity index (χ1v) is 6.79. The predicted molar refractivity (Wildman–Crippen MR) is 79.4 cm³/mol. The minimum atomic E-state index is -0.442. The third-order valence-corrected chi connectivity index (χ3v) is 4.03. The summed E-state index contributed by atoms with van der Waals surface area (Å²) >= 11 is 0. The second-order valence-corrected chi connectivity index (χ2v) is 5.34. The Balaban J connectivity index is 0.00000161. The molecule has 0 atom stereocenters. The molecule has 1 aromatic rings. The number of methoxy groups -OCH3 is 1. The molecule has 1 spiro atoms. The number of ether oxygens (including phenoxy) is 2. The number of ketones is 1. The zero-order chi connectivity index (χ0) is 14.2. The molecule has 5 nitrogen and oxygen atoms in total. The second-order valence-electron chi connectivity index (χ2n) is 5.34. The molecule has 0 bridgehead atoms. The van der Waals surface area contributed by atoms with Crippen molar-refractivity contribution in [2.24, 2.45) is 0 Å². The molecule has 2 aliphatic rings. The topological polar surface area (TPSA) is 64.6 Å². The van der Waals surface area contributed by atoms with E-state index in [0.29, 0.717) is 23.3 Å². The molecule has 1 aromatic carbocycles. The van der Waals surface area contributed by atoms with E-state index in [9.17, 15) is 9.59 Å². The normalized spacial score (nSPS) is 19.2. The maximum Gasteiger partial charge on any atom is 0.337 e. The van der Waals surface area contributed by atoms with Crippen LogP contribution in [0.5, 0.6) is 5.75 Å². The number of fused-ring (bicyclic) bond motifs is 1. The van der Waals surface area contributed by atoms with Crippen LogP contribution in [0.1, 0.15) is 40.0 Å². The van der Waals surface area contributed by atoms with E-state index < -0.39 is 5.97 Å². The molecule has 1 fully saturated rings. The molecule has 6 heteroatoms. The number of piperidine rings is 1. The number of benzene rings is 1. The van der Waals surface area contributed by atoms with Crippen LogP contribution >= 0.6 is 12.4 Å². The Morgan fingerprint density at radius 3 is 2.71 bits per heavy atom. The molecule has 1 saturated heterocycles. The number of nitrogens with one attached hydrogen (secondary N) is 1. The van der Waals surface area contributed by atoms with Crippen molar-refractivity contribution >= 4 is 24.2 Å². The van der Waals surface area contributed by atoms with E-state index in [1.165, 1.54) is 7.11 Å². The van der Waals surface area contributed by atoms with Crippen LogP contribution < -0.4 is 10.1 Å². The number of hydrogen-bond acceptors (Lipinski definition) is 5. The van der Waals surface area contributed by atoms with Crippen molar-refractivity contribution in [3.63, 3.8) is 0 Å². The van der Waals surface area contributed by atoms with E-state index in [1.54, 1.807) is 18.2 Å². The first kappa shape index (κ1) is 15.8. The summed E-state index contributed by atoms with van der Waals surface area (Å²) in [6, 6.07) is 4.90. The summed E-state index contributed by atoms with van der Waals surface area (Å²) in [7, 11) is 1.32. The van der Waals surface area contributed by atoms with Crippen molar-refractivity contribution in [2.75, 3.05) is 20.2 Å². The van der Waals surface area contributed by atoms with Crippen molar-refractivity contribution in [2.45, 2.75) is 24.9 Å². The van der Waals surface area contributed by atoms with Gasteiger partial charge in [-0.2, -0.15) is 0 Å². The summed E-state index contributed by atoms with van der Waals surface area (Å²) in [5, 5.41) is 3.27. The molecule has 0 radical (unpaired) electrons. The fraction of sp³-hybridized carbons (Fsp3) is 0.467. The smallest absolute Gasteiger partial charge is 0.337 e. The van der Waals surface area contributed by atoms with Gasteiger partial charge in [0.1, 0.15) is 11.4 Å². The summed E-state index contributed by atoms with van der Waals surface area (Å²) in [6.45, 7) is 1.73. The van der Waals surface area contributed by atoms with Crippen LogP contribution in [0.4, 0.5) is 0 Å². The molecule has 21 heavy (non-hydrogen) atoms. The molecule has 3 rings (SSSR count). The molecular formula is C15H18ClNO4. The van der Waals surface area contributed by atoms with E-state index in [4.69, 9.17) is 4.74 Å². The van der Waals surface area contributed by atoms with Crippen molar-refractivity contribution in [1.82, 2.24) is 5.32 Å². The van der Waals surface area contributed by atoms with Gasteiger partial charge in [-0.15, -0.1) is 12.4 Å². The summed E-state index contributed by atoms with van der Waals surface area (Å²) < 4.78 is 10.8. The number of esters is 1. The molecule has 1 N–H and O–H groups in total. The molecule has 0 saturated carbocycles. The summed E-state index contributed by atoms with van der Waals surface area (Å²) in [6.07, 6.45) is 2.04. The highest BCUT2D eigenvalue weighted by molar-refractivity contribution is 6.02. The fourth-order valence-corrected chi connectivity index (χ4v) is 2.90. The zero-order valence-electron chi connectivity index (χ0n) is 11.8. The number of carbonyl (C=O) groups is 2. The van der Waals surface area contributed by atoms with Gasteiger partial charge in [0, 0.05) is 12.8 Å². The van der Waals surface area contributed by atoms with Crippen LogP contribution in [0.15, 0.2) is 18.2 Å². The molecular weight excluding hydrogens is 294 g/mol. The van der Waals surface area contributed by atoms with Crippen molar-refractivity contribution in [1.29, 1.82) is 0 Å². The predicted octanol–water partition coefficient (Wildman–Crippen LogP) is 1.98. The SMILES string of the molecule is COC(=O)c1ccc2c(c1)C(=O)CC1(CCNCC1)O2.Cl. The quantitative estimate of drug-likeness (QED) is 0.803. The Hall–Kier alpha value is -1.59. The Morgan fingerprint density at radius 1 is 1.33 bits per heavy atom. The van der Waals surface area contributed by atoms with Gasteiger partial charge in [0.25, 0.3) is 0 Å². The van der Waals surface area contributed by atoms with Gasteiger partial charge in [0.15, 0.2) is 5.78 Å². The van der Waals surface area contributed by atoms with Gasteiger partial charge in [-0.05, 0) is 31.3 Å². The van der Waals surface area contributed by atoms with Gasteiger partial charge in [-0.3, -0.25) is 4.79 Å². The highest BCUT2D eigenvalue weighted by atomic mass is 35.5. The average Bonchev–Trinajstić information content (AvgIpc) is 2.47. The molecule has 0 amide bonds. The van der Waals surface area contributed by atoms with Crippen LogP contribution in [0.2, 0.25) is 0 Å². The first-order valence-electron chi connectivity index (χ1n) is 6.79. The third kappa shape index (κ3) is 2.89. The van der Waals surface area contributed by atoms with Gasteiger partial charge in [-0.25, -0.2) is 4.79 Å². The maximum atomic E-state index is 12.4. The first-order chi connectivity index (χ1) is 9.63. The van der Waals surface area contributed by atoms with E-state index >= 15 is 0 Å². The monoisotopic (exact) mass is 311 g/mol. The second kappa shape index (κ2) is 6.03. The largest absolute Gasteiger partial charge is 0.486 e. The molecule has 2 aliphatic heterocycles. The number of carbonyl (C=O) groups excluding carboxylic acids is 2. The molecule has 0 unspecified atom stereocenters. The minimum Gasteiger partial charge on any atom is -0.486 e. The summed E-state index contributed by atoms with van der Waals surface area (Å²) in [5.41, 5.74) is 0.490. The van der Waals surface area contributed by atoms with Crippen LogP contribution in [-0.2, 0) is 4.74 Å².